The van der Waals surface area contributed by atoms with Crippen LogP contribution in [0, 0.1) is 0 Å². The van der Waals surface area contributed by atoms with Crippen molar-refractivity contribution in [1.82, 2.24) is 15.3 Å². The molecular formula is C23H25N5O4S2. The number of thiophene rings is 1. The van der Waals surface area contributed by atoms with Gasteiger partial charge in [0.05, 0.1) is 19.4 Å². The molecule has 3 aromatic heterocycles. The number of hydrogen-bond donors (Lipinski definition) is 2. The molecule has 0 spiro atoms. The van der Waals surface area contributed by atoms with E-state index in [-0.39, 0.29) is 0 Å². The molecule has 34 heavy (non-hydrogen) atoms. The van der Waals surface area contributed by atoms with Crippen LogP contribution in [0.3, 0.4) is 0 Å². The molecule has 178 valence electrons. The standard InChI is InChI=1S/C23H25N5O4S2/c1-5-18(28-23(29)32-4)26-12-14(2)17-11-16(15-7-6-8-25-13-15)19-20(24)22(33-21(19)27-17)34(30)10-9-31-3/h5-8,11-13H,2,9-10,24H2,1,3-4H3,(H,28,29)/b18-5+,26-12-. The Morgan fingerprint density at radius 3 is 2.88 bits per heavy atom. The van der Waals surface area contributed by atoms with Gasteiger partial charge in [0.15, 0.2) is 0 Å². The summed E-state index contributed by atoms with van der Waals surface area (Å²) in [6, 6.07) is 5.59. The van der Waals surface area contributed by atoms with E-state index in [1.54, 1.807) is 32.5 Å². The second-order valence-corrected chi connectivity index (χ2v) is 9.66. The smallest absolute Gasteiger partial charge is 0.412 e. The number of carbonyl (C=O) groups is 1. The van der Waals surface area contributed by atoms with Crippen molar-refractivity contribution in [3.05, 3.63) is 54.8 Å². The maximum Gasteiger partial charge on any atom is 0.412 e. The first-order chi connectivity index (χ1) is 16.4. The largest absolute Gasteiger partial charge is 0.611 e. The first-order valence-electron chi connectivity index (χ1n) is 10.1. The molecule has 1 atom stereocenters. The van der Waals surface area contributed by atoms with Gasteiger partial charge in [0.25, 0.3) is 0 Å². The summed E-state index contributed by atoms with van der Waals surface area (Å²) in [6.45, 7) is 6.16. The number of ether oxygens (including phenoxy) is 2. The fourth-order valence-corrected chi connectivity index (χ4v) is 5.55. The number of pyridine rings is 2. The van der Waals surface area contributed by atoms with Gasteiger partial charge in [-0.25, -0.2) is 14.8 Å². The van der Waals surface area contributed by atoms with E-state index in [1.165, 1.54) is 24.7 Å². The zero-order chi connectivity index (χ0) is 24.7. The average Bonchev–Trinajstić information content (AvgIpc) is 3.20. The normalized spacial score (nSPS) is 12.8. The van der Waals surface area contributed by atoms with Gasteiger partial charge < -0.3 is 19.8 Å². The molecule has 3 heterocycles. The number of aromatic nitrogens is 2. The van der Waals surface area contributed by atoms with Crippen molar-refractivity contribution in [3.63, 3.8) is 0 Å². The van der Waals surface area contributed by atoms with Crippen LogP contribution in [0.25, 0.3) is 26.9 Å². The Morgan fingerprint density at radius 1 is 1.44 bits per heavy atom. The van der Waals surface area contributed by atoms with Crippen LogP contribution in [0.1, 0.15) is 12.6 Å². The zero-order valence-corrected chi connectivity index (χ0v) is 20.7. The second-order valence-electron chi connectivity index (χ2n) is 6.90. The lowest BCUT2D eigenvalue weighted by Gasteiger charge is -2.09. The third-order valence-corrected chi connectivity index (χ3v) is 7.57. The number of aliphatic imine (C=N–C) groups is 1. The molecular weight excluding hydrogens is 474 g/mol. The minimum absolute atomic E-state index is 0.303. The first-order valence-corrected chi connectivity index (χ1v) is 12.3. The highest BCUT2D eigenvalue weighted by Crippen LogP contribution is 2.42. The van der Waals surface area contributed by atoms with Crippen molar-refractivity contribution in [2.45, 2.75) is 11.1 Å². The molecule has 0 aromatic carbocycles. The number of nitrogen functional groups attached to an aromatic ring is 1. The number of hydrogen-bond acceptors (Lipinski definition) is 9. The van der Waals surface area contributed by atoms with Crippen molar-refractivity contribution >= 4 is 56.3 Å². The summed E-state index contributed by atoms with van der Waals surface area (Å²) in [6.07, 6.45) is 5.91. The Hall–Kier alpha value is -3.25. The molecule has 0 radical (unpaired) electrons. The number of amides is 1. The third-order valence-electron chi connectivity index (χ3n) is 4.69. The maximum atomic E-state index is 12.8. The van der Waals surface area contributed by atoms with E-state index >= 15 is 0 Å². The molecule has 11 heteroatoms. The summed E-state index contributed by atoms with van der Waals surface area (Å²) in [5, 5.41) is 3.22. The van der Waals surface area contributed by atoms with Crippen molar-refractivity contribution < 1.29 is 18.8 Å². The lowest BCUT2D eigenvalue weighted by atomic mass is 10.0. The van der Waals surface area contributed by atoms with Crippen molar-refractivity contribution in [1.29, 1.82) is 0 Å². The number of rotatable bonds is 9. The molecule has 1 unspecified atom stereocenters. The monoisotopic (exact) mass is 499 g/mol. The summed E-state index contributed by atoms with van der Waals surface area (Å²) < 4.78 is 23.0. The van der Waals surface area contributed by atoms with Crippen molar-refractivity contribution in [3.8, 4) is 11.1 Å². The van der Waals surface area contributed by atoms with Crippen LogP contribution < -0.4 is 11.1 Å². The Bertz CT molecular complexity index is 1240. The van der Waals surface area contributed by atoms with Crippen LogP contribution >= 0.6 is 11.3 Å². The molecule has 0 bridgehead atoms. The van der Waals surface area contributed by atoms with Crippen LogP contribution in [0.2, 0.25) is 0 Å². The molecule has 0 aliphatic heterocycles. The van der Waals surface area contributed by atoms with E-state index in [0.717, 1.165) is 11.1 Å². The van der Waals surface area contributed by atoms with Gasteiger partial charge in [-0.3, -0.25) is 10.3 Å². The van der Waals surface area contributed by atoms with E-state index in [2.05, 4.69) is 26.6 Å². The predicted molar refractivity (Wildman–Crippen MR) is 137 cm³/mol. The van der Waals surface area contributed by atoms with E-state index in [0.29, 0.717) is 49.6 Å². The van der Waals surface area contributed by atoms with E-state index in [1.807, 2.05) is 18.2 Å². The van der Waals surface area contributed by atoms with Gasteiger partial charge in [-0.15, -0.1) is 0 Å². The lowest BCUT2D eigenvalue weighted by molar-refractivity contribution is 0.174. The first kappa shape index (κ1) is 25.4. The van der Waals surface area contributed by atoms with Crippen LogP contribution in [-0.2, 0) is 20.6 Å². The minimum atomic E-state index is -1.32. The number of nitrogens with zero attached hydrogens (tertiary/aromatic N) is 3. The Morgan fingerprint density at radius 2 is 2.24 bits per heavy atom. The number of carbonyl (C=O) groups excluding carboxylic acids is 1. The predicted octanol–water partition coefficient (Wildman–Crippen LogP) is 4.00. The Labute approximate surface area is 204 Å². The third kappa shape index (κ3) is 5.81. The minimum Gasteiger partial charge on any atom is -0.611 e. The molecule has 1 amide bonds. The summed E-state index contributed by atoms with van der Waals surface area (Å²) in [5.74, 6) is 0.638. The van der Waals surface area contributed by atoms with Crippen LogP contribution in [0.5, 0.6) is 0 Å². The lowest BCUT2D eigenvalue weighted by Crippen LogP contribution is -2.21. The average molecular weight is 500 g/mol. The molecule has 3 N–H and O–H groups in total. The van der Waals surface area contributed by atoms with Crippen LogP contribution in [0.4, 0.5) is 10.5 Å². The number of anilines is 1. The molecule has 3 rings (SSSR count). The topological polar surface area (TPSA) is 135 Å². The van der Waals surface area contributed by atoms with Crippen molar-refractivity contribution in [2.75, 3.05) is 32.3 Å². The molecule has 3 aromatic rings. The fourth-order valence-electron chi connectivity index (χ4n) is 2.98. The Kier molecular flexibility index (Phi) is 8.77. The van der Waals surface area contributed by atoms with Crippen LogP contribution in [0.15, 0.2) is 58.3 Å². The molecule has 0 aliphatic carbocycles. The number of alkyl carbamates (subject to hydrolysis) is 1. The molecule has 0 fully saturated rings. The van der Waals surface area contributed by atoms with Gasteiger partial charge in [0, 0.05) is 53.4 Å². The van der Waals surface area contributed by atoms with Crippen molar-refractivity contribution in [2.24, 2.45) is 4.99 Å². The highest BCUT2D eigenvalue weighted by atomic mass is 32.2. The van der Waals surface area contributed by atoms with Gasteiger partial charge in [-0.1, -0.05) is 24.0 Å². The molecule has 9 nitrogen and oxygen atoms in total. The highest BCUT2D eigenvalue weighted by molar-refractivity contribution is 7.93. The number of methoxy groups -OCH3 is 2. The molecule has 0 aliphatic rings. The summed E-state index contributed by atoms with van der Waals surface area (Å²) in [5.41, 5.74) is 9.59. The number of fused-ring (bicyclic) bond motifs is 1. The molecule has 0 saturated heterocycles. The Balaban J connectivity index is 2.07. The SMILES string of the molecule is C=C(/C=N\C(=C/C)NC(=O)OC)c1cc(-c2cccnc2)c2c(N)c([S+]([O-])CCOC)sc2n1. The van der Waals surface area contributed by atoms with E-state index in [4.69, 9.17) is 15.5 Å². The number of nitrogens with two attached hydrogens (primary N) is 1. The summed E-state index contributed by atoms with van der Waals surface area (Å²) in [4.78, 5) is 25.3. The van der Waals surface area contributed by atoms with E-state index in [9.17, 15) is 9.35 Å². The van der Waals surface area contributed by atoms with Gasteiger partial charge in [-0.2, -0.15) is 0 Å². The summed E-state index contributed by atoms with van der Waals surface area (Å²) >= 11 is -0.0422. The van der Waals surface area contributed by atoms with Crippen LogP contribution in [-0.4, -0.2) is 53.4 Å². The van der Waals surface area contributed by atoms with Gasteiger partial charge >= 0.3 is 6.09 Å². The van der Waals surface area contributed by atoms with Gasteiger partial charge in [-0.05, 0) is 30.7 Å². The van der Waals surface area contributed by atoms with Gasteiger partial charge in [0.2, 0.25) is 4.21 Å². The maximum absolute atomic E-state index is 12.8. The van der Waals surface area contributed by atoms with Gasteiger partial charge in [0.1, 0.15) is 22.1 Å². The zero-order valence-electron chi connectivity index (χ0n) is 19.0. The number of allylic oxidation sites excluding steroid dienone is 2. The highest BCUT2D eigenvalue weighted by Gasteiger charge is 2.25. The quantitative estimate of drug-likeness (QED) is 0.336. The fraction of sp³-hybridized carbons (Fsp3) is 0.217. The van der Waals surface area contributed by atoms with E-state index < -0.39 is 17.3 Å². The second kappa shape index (κ2) is 11.7. The number of nitrogens with one attached hydrogen (secondary N) is 1. The molecule has 0 saturated carbocycles. The summed E-state index contributed by atoms with van der Waals surface area (Å²) in [7, 11) is 2.83.